The Labute approximate surface area is 166 Å². The summed E-state index contributed by atoms with van der Waals surface area (Å²) < 4.78 is 1.59. The summed E-state index contributed by atoms with van der Waals surface area (Å²) in [5.74, 6) is -0.809. The van der Waals surface area contributed by atoms with Crippen LogP contribution in [0, 0.1) is 4.77 Å². The molecule has 27 heavy (non-hydrogen) atoms. The number of halogens is 1. The van der Waals surface area contributed by atoms with Crippen molar-refractivity contribution in [1.82, 2.24) is 15.0 Å². The monoisotopic (exact) mass is 408 g/mol. The van der Waals surface area contributed by atoms with Crippen LogP contribution in [0.4, 0.5) is 0 Å². The molecule has 0 radical (unpaired) electrons. The van der Waals surface area contributed by atoms with Crippen LogP contribution in [-0.2, 0) is 6.54 Å². The summed E-state index contributed by atoms with van der Waals surface area (Å²) >= 11 is 11.1. The van der Waals surface area contributed by atoms with Gasteiger partial charge >= 0.3 is 0 Å². The van der Waals surface area contributed by atoms with Crippen molar-refractivity contribution in [2.45, 2.75) is 39.2 Å². The number of unbranched alkanes of at least 4 members (excludes halogenated alkanes) is 3. The normalized spacial score (nSPS) is 11.0. The number of hydrogen-bond acceptors (Lipinski definition) is 5. The molecule has 9 heteroatoms. The lowest BCUT2D eigenvalue weighted by atomic mass is 10.2. The quantitative estimate of drug-likeness (QED) is 0.269. The highest BCUT2D eigenvalue weighted by Gasteiger charge is 2.12. The van der Waals surface area contributed by atoms with Gasteiger partial charge in [-0.05, 0) is 30.8 Å². The van der Waals surface area contributed by atoms with Crippen molar-refractivity contribution in [2.75, 3.05) is 0 Å². The molecule has 2 rings (SSSR count). The van der Waals surface area contributed by atoms with Gasteiger partial charge in [0.05, 0.1) is 16.8 Å². The maximum atomic E-state index is 12.1. The number of aromatic amines is 1. The van der Waals surface area contributed by atoms with E-state index in [-0.39, 0.29) is 26.8 Å². The van der Waals surface area contributed by atoms with Gasteiger partial charge in [0.2, 0.25) is 5.88 Å². The summed E-state index contributed by atoms with van der Waals surface area (Å²) in [6.45, 7) is 2.59. The van der Waals surface area contributed by atoms with Gasteiger partial charge in [0.25, 0.3) is 11.5 Å². The van der Waals surface area contributed by atoms with Crippen LogP contribution in [-0.4, -0.2) is 26.8 Å². The average Bonchev–Trinajstić information content (AvgIpc) is 2.63. The van der Waals surface area contributed by atoms with E-state index in [2.05, 4.69) is 22.4 Å². The zero-order chi connectivity index (χ0) is 19.8. The topological polar surface area (TPSA) is 99.5 Å². The van der Waals surface area contributed by atoms with Gasteiger partial charge in [-0.1, -0.05) is 49.9 Å². The van der Waals surface area contributed by atoms with Crippen molar-refractivity contribution in [3.8, 4) is 5.88 Å². The maximum absolute atomic E-state index is 12.1. The highest BCUT2D eigenvalue weighted by Crippen LogP contribution is 2.15. The Hall–Kier alpha value is -2.45. The van der Waals surface area contributed by atoms with E-state index >= 15 is 0 Å². The number of nitrogens with zero attached hydrogens (tertiary/aromatic N) is 2. The van der Waals surface area contributed by atoms with Crippen LogP contribution in [0.3, 0.4) is 0 Å². The number of hydrazone groups is 1. The summed E-state index contributed by atoms with van der Waals surface area (Å²) in [7, 11) is 0. The highest BCUT2D eigenvalue weighted by molar-refractivity contribution is 7.71. The minimum Gasteiger partial charge on any atom is -0.494 e. The van der Waals surface area contributed by atoms with E-state index in [4.69, 9.17) is 23.8 Å². The molecule has 1 aromatic heterocycles. The number of carbonyl (C=O) groups excluding carboxylic acids is 1. The first-order valence-electron chi connectivity index (χ1n) is 8.59. The fourth-order valence-electron chi connectivity index (χ4n) is 2.46. The molecule has 0 atom stereocenters. The molecular weight excluding hydrogens is 388 g/mol. The molecule has 0 unspecified atom stereocenters. The van der Waals surface area contributed by atoms with Gasteiger partial charge < -0.3 is 5.11 Å². The molecule has 0 saturated heterocycles. The van der Waals surface area contributed by atoms with Crippen LogP contribution in [0.15, 0.2) is 34.2 Å². The predicted octanol–water partition coefficient (Wildman–Crippen LogP) is 3.61. The van der Waals surface area contributed by atoms with Crippen molar-refractivity contribution in [3.63, 3.8) is 0 Å². The lowest BCUT2D eigenvalue weighted by Crippen LogP contribution is -2.21. The number of amides is 1. The van der Waals surface area contributed by atoms with Crippen molar-refractivity contribution in [1.29, 1.82) is 0 Å². The minimum absolute atomic E-state index is 0.0847. The third kappa shape index (κ3) is 5.51. The molecule has 1 aromatic carbocycles. The van der Waals surface area contributed by atoms with Gasteiger partial charge in [0.1, 0.15) is 5.56 Å². The maximum Gasteiger partial charge on any atom is 0.272 e. The molecule has 7 nitrogen and oxygen atoms in total. The van der Waals surface area contributed by atoms with Crippen LogP contribution < -0.4 is 11.0 Å². The summed E-state index contributed by atoms with van der Waals surface area (Å²) in [4.78, 5) is 26.6. The third-order valence-electron chi connectivity index (χ3n) is 3.92. The number of rotatable bonds is 8. The van der Waals surface area contributed by atoms with Gasteiger partial charge in [-0.2, -0.15) is 5.10 Å². The van der Waals surface area contributed by atoms with E-state index in [0.29, 0.717) is 6.54 Å². The summed E-state index contributed by atoms with van der Waals surface area (Å²) in [6, 6.07) is 6.51. The first-order chi connectivity index (χ1) is 13.0. The molecular formula is C18H21ClN4O3S. The number of nitrogens with one attached hydrogen (secondary N) is 2. The van der Waals surface area contributed by atoms with E-state index in [1.165, 1.54) is 4.57 Å². The smallest absolute Gasteiger partial charge is 0.272 e. The second-order valence-corrected chi connectivity index (χ2v) is 6.68. The summed E-state index contributed by atoms with van der Waals surface area (Å²) in [5.41, 5.74) is 1.86. The highest BCUT2D eigenvalue weighted by atomic mass is 35.5. The molecule has 1 heterocycles. The van der Waals surface area contributed by atoms with Crippen molar-refractivity contribution in [2.24, 2.45) is 5.10 Å². The Morgan fingerprint density at radius 3 is 2.81 bits per heavy atom. The molecule has 144 valence electrons. The molecule has 2 aromatic rings. The van der Waals surface area contributed by atoms with Gasteiger partial charge in [0.15, 0.2) is 4.77 Å². The largest absolute Gasteiger partial charge is 0.494 e. The molecule has 3 N–H and O–H groups in total. The number of benzene rings is 1. The van der Waals surface area contributed by atoms with E-state index in [0.717, 1.165) is 31.9 Å². The lowest BCUT2D eigenvalue weighted by molar-refractivity contribution is 0.0955. The van der Waals surface area contributed by atoms with Gasteiger partial charge in [-0.15, -0.1) is 0 Å². The van der Waals surface area contributed by atoms with Crippen molar-refractivity contribution < 1.29 is 9.90 Å². The van der Waals surface area contributed by atoms with Gasteiger partial charge in [-0.3, -0.25) is 19.1 Å². The third-order valence-corrected chi connectivity index (χ3v) is 4.57. The van der Waals surface area contributed by atoms with Crippen molar-refractivity contribution in [3.05, 3.63) is 55.5 Å². The molecule has 1 amide bonds. The first-order valence-corrected chi connectivity index (χ1v) is 9.38. The molecule has 0 aliphatic carbocycles. The Balaban J connectivity index is 2.16. The van der Waals surface area contributed by atoms with E-state index in [1.807, 2.05) is 0 Å². The fraction of sp³-hybridized carbons (Fsp3) is 0.333. The Kier molecular flexibility index (Phi) is 7.75. The number of hydrogen-bond donors (Lipinski definition) is 3. The second-order valence-electron chi connectivity index (χ2n) is 5.89. The molecule has 0 saturated carbocycles. The number of H-pyrrole nitrogens is 1. The number of carbonyl (C=O) groups is 1. The zero-order valence-corrected chi connectivity index (χ0v) is 16.4. The number of aromatic hydroxyl groups is 1. The summed E-state index contributed by atoms with van der Waals surface area (Å²) in [6.07, 6.45) is 5.07. The SMILES string of the molecule is CCCCCCn1c(O)c(/C=N/NC(=O)c2ccccc2Cl)c(=O)[nH]c1=S. The fourth-order valence-corrected chi connectivity index (χ4v) is 2.95. The summed E-state index contributed by atoms with van der Waals surface area (Å²) in [5, 5.41) is 14.4. The van der Waals surface area contributed by atoms with Crippen LogP contribution >= 0.6 is 23.8 Å². The van der Waals surface area contributed by atoms with Crippen LogP contribution in [0.5, 0.6) is 5.88 Å². The molecule has 0 aliphatic heterocycles. The Bertz CT molecular complexity index is 952. The van der Waals surface area contributed by atoms with Gasteiger partial charge in [0, 0.05) is 6.54 Å². The Morgan fingerprint density at radius 2 is 2.11 bits per heavy atom. The standard InChI is InChI=1S/C18H21ClN4O3S/c1-2-3-4-7-10-23-17(26)13(15(24)21-18(23)27)11-20-22-16(25)12-8-5-6-9-14(12)19/h5-6,8-9,11,26H,2-4,7,10H2,1H3,(H,22,25)(H,21,24,27)/b20-11+. The second kappa shape index (κ2) is 10.0. The van der Waals surface area contributed by atoms with Crippen molar-refractivity contribution >= 4 is 35.9 Å². The zero-order valence-electron chi connectivity index (χ0n) is 14.9. The van der Waals surface area contributed by atoms with Crippen LogP contribution in [0.25, 0.3) is 0 Å². The number of aromatic nitrogens is 2. The molecule has 0 fully saturated rings. The van der Waals surface area contributed by atoms with E-state index < -0.39 is 11.5 Å². The Morgan fingerprint density at radius 1 is 1.37 bits per heavy atom. The minimum atomic E-state index is -0.585. The molecule has 0 aliphatic rings. The van der Waals surface area contributed by atoms with Gasteiger partial charge in [-0.25, -0.2) is 5.43 Å². The van der Waals surface area contributed by atoms with Crippen LogP contribution in [0.1, 0.15) is 48.5 Å². The lowest BCUT2D eigenvalue weighted by Gasteiger charge is -2.10. The van der Waals surface area contributed by atoms with E-state index in [9.17, 15) is 14.7 Å². The average molecular weight is 409 g/mol. The van der Waals surface area contributed by atoms with E-state index in [1.54, 1.807) is 24.3 Å². The molecule has 0 bridgehead atoms. The van der Waals surface area contributed by atoms with Crippen LogP contribution in [0.2, 0.25) is 5.02 Å². The predicted molar refractivity (Wildman–Crippen MR) is 108 cm³/mol. The first kappa shape index (κ1) is 20.9. The molecule has 0 spiro atoms.